The number of nitrogens with one attached hydrogen (secondary N) is 1. The zero-order chi connectivity index (χ0) is 18.0. The molecule has 0 saturated heterocycles. The van der Waals surface area contributed by atoms with Gasteiger partial charge in [-0.2, -0.15) is 9.78 Å². The van der Waals surface area contributed by atoms with Gasteiger partial charge >= 0.3 is 0 Å². The third-order valence-electron chi connectivity index (χ3n) is 3.32. The van der Waals surface area contributed by atoms with Crippen molar-refractivity contribution in [2.24, 2.45) is 5.10 Å². The van der Waals surface area contributed by atoms with Crippen LogP contribution in [0.15, 0.2) is 38.5 Å². The zero-order valence-corrected chi connectivity index (χ0v) is 14.9. The maximum Gasteiger partial charge on any atom is 0.292 e. The lowest BCUT2D eigenvalue weighted by atomic mass is 10.1. The van der Waals surface area contributed by atoms with Crippen LogP contribution in [0.5, 0.6) is 0 Å². The van der Waals surface area contributed by atoms with Gasteiger partial charge in [0.15, 0.2) is 5.69 Å². The number of amides is 1. The largest absolute Gasteiger partial charge is 0.378 e. The molecular formula is C14H13BrN8O2. The Morgan fingerprint density at radius 3 is 2.88 bits per heavy atom. The number of anilines is 1. The van der Waals surface area contributed by atoms with Gasteiger partial charge in [-0.15, -0.1) is 5.10 Å². The van der Waals surface area contributed by atoms with E-state index in [9.17, 15) is 4.79 Å². The molecule has 0 unspecified atom stereocenters. The van der Waals surface area contributed by atoms with Gasteiger partial charge in [-0.3, -0.25) is 4.79 Å². The van der Waals surface area contributed by atoms with E-state index in [-0.39, 0.29) is 17.3 Å². The summed E-state index contributed by atoms with van der Waals surface area (Å²) in [6.45, 7) is 3.41. The molecule has 0 aliphatic rings. The average Bonchev–Trinajstić information content (AvgIpc) is 3.17. The normalized spacial score (nSPS) is 11.6. The summed E-state index contributed by atoms with van der Waals surface area (Å²) in [7, 11) is 0. The van der Waals surface area contributed by atoms with Crippen LogP contribution in [0.25, 0.3) is 5.82 Å². The summed E-state index contributed by atoms with van der Waals surface area (Å²) in [5.41, 5.74) is 10.1. The number of hydrogen-bond acceptors (Lipinski definition) is 8. The molecule has 10 nitrogen and oxygen atoms in total. The lowest BCUT2D eigenvalue weighted by Crippen LogP contribution is -2.24. The van der Waals surface area contributed by atoms with Crippen LogP contribution in [0.4, 0.5) is 5.82 Å². The fourth-order valence-electron chi connectivity index (χ4n) is 2.07. The van der Waals surface area contributed by atoms with E-state index in [0.717, 1.165) is 14.7 Å². The summed E-state index contributed by atoms with van der Waals surface area (Å²) < 4.78 is 6.60. The highest BCUT2D eigenvalue weighted by Crippen LogP contribution is 2.15. The Kier molecular flexibility index (Phi) is 4.57. The number of hydrogen-bond donors (Lipinski definition) is 2. The monoisotopic (exact) mass is 404 g/mol. The van der Waals surface area contributed by atoms with Gasteiger partial charge in [0.05, 0.1) is 11.4 Å². The van der Waals surface area contributed by atoms with E-state index in [4.69, 9.17) is 5.73 Å². The number of nitrogens with two attached hydrogens (primary N) is 1. The van der Waals surface area contributed by atoms with Crippen molar-refractivity contribution >= 4 is 33.4 Å². The third-order valence-corrected chi connectivity index (χ3v) is 3.81. The number of nitrogens with zero attached hydrogens (tertiary/aromatic N) is 6. The molecule has 0 spiro atoms. The van der Waals surface area contributed by atoms with Crippen molar-refractivity contribution in [3.63, 3.8) is 0 Å². The molecule has 0 fully saturated rings. The Morgan fingerprint density at radius 1 is 1.40 bits per heavy atom. The van der Waals surface area contributed by atoms with Gasteiger partial charge in [0, 0.05) is 4.47 Å². The summed E-state index contributed by atoms with van der Waals surface area (Å²) >= 11 is 3.39. The highest BCUT2D eigenvalue weighted by Gasteiger charge is 2.22. The summed E-state index contributed by atoms with van der Waals surface area (Å²) in [5.74, 6) is -0.439. The Bertz CT molecular complexity index is 961. The van der Waals surface area contributed by atoms with Crippen LogP contribution in [0.2, 0.25) is 0 Å². The summed E-state index contributed by atoms with van der Waals surface area (Å²) in [5, 5.41) is 18.9. The van der Waals surface area contributed by atoms with Gasteiger partial charge in [0.1, 0.15) is 0 Å². The van der Waals surface area contributed by atoms with Crippen LogP contribution < -0.4 is 11.2 Å². The molecule has 3 N–H and O–H groups in total. The quantitative estimate of drug-likeness (QED) is 0.495. The molecule has 11 heteroatoms. The van der Waals surface area contributed by atoms with Crippen LogP contribution in [0.3, 0.4) is 0 Å². The molecule has 0 aliphatic heterocycles. The lowest BCUT2D eigenvalue weighted by Gasteiger charge is -2.05. The lowest BCUT2D eigenvalue weighted by molar-refractivity contribution is 0.0946. The fourth-order valence-corrected chi connectivity index (χ4v) is 2.47. The molecule has 0 aliphatic carbocycles. The summed E-state index contributed by atoms with van der Waals surface area (Å²) in [6, 6.07) is 7.56. The Labute approximate surface area is 150 Å². The van der Waals surface area contributed by atoms with E-state index in [0.29, 0.717) is 11.4 Å². The van der Waals surface area contributed by atoms with Gasteiger partial charge in [-0.05, 0) is 41.9 Å². The smallest absolute Gasteiger partial charge is 0.292 e. The number of benzene rings is 1. The Hall–Kier alpha value is -3.08. The minimum Gasteiger partial charge on any atom is -0.378 e. The molecule has 0 radical (unpaired) electrons. The van der Waals surface area contributed by atoms with E-state index >= 15 is 0 Å². The minimum atomic E-state index is -0.515. The first-order valence-corrected chi connectivity index (χ1v) is 7.88. The molecule has 3 rings (SSSR count). The van der Waals surface area contributed by atoms with Crippen molar-refractivity contribution in [1.82, 2.24) is 30.7 Å². The highest BCUT2D eigenvalue weighted by molar-refractivity contribution is 9.10. The predicted octanol–water partition coefficient (Wildman–Crippen LogP) is 1.46. The van der Waals surface area contributed by atoms with Crippen molar-refractivity contribution in [2.75, 3.05) is 5.73 Å². The minimum absolute atomic E-state index is 0.00670. The molecule has 3 aromatic rings. The first kappa shape index (κ1) is 16.8. The maximum atomic E-state index is 12.5. The standard InChI is InChI=1S/C14H13BrN8O2/c1-7(9-4-3-5-10(15)6-9)17-19-14(24)11-8(2)18-22-23(11)13-12(16)20-25-21-13/h3-6H,1-2H3,(H2,16,20)(H,19,24)/b17-7+. The van der Waals surface area contributed by atoms with Crippen LogP contribution >= 0.6 is 15.9 Å². The number of carbonyl (C=O) groups excluding carboxylic acids is 1. The van der Waals surface area contributed by atoms with E-state index < -0.39 is 5.91 Å². The van der Waals surface area contributed by atoms with E-state index in [1.54, 1.807) is 13.8 Å². The molecule has 0 atom stereocenters. The molecule has 2 heterocycles. The zero-order valence-electron chi connectivity index (χ0n) is 13.3. The van der Waals surface area contributed by atoms with Gasteiger partial charge in [0.25, 0.3) is 5.91 Å². The Balaban J connectivity index is 1.86. The average molecular weight is 405 g/mol. The highest BCUT2D eigenvalue weighted by atomic mass is 79.9. The molecule has 1 aromatic carbocycles. The number of aryl methyl sites for hydroxylation is 1. The topological polar surface area (TPSA) is 137 Å². The van der Waals surface area contributed by atoms with Crippen LogP contribution in [0, 0.1) is 6.92 Å². The van der Waals surface area contributed by atoms with Crippen LogP contribution in [-0.2, 0) is 0 Å². The number of carbonyl (C=O) groups is 1. The van der Waals surface area contributed by atoms with Crippen LogP contribution in [0.1, 0.15) is 28.7 Å². The second kappa shape index (κ2) is 6.81. The fraction of sp³-hybridized carbons (Fsp3) is 0.143. The van der Waals surface area contributed by atoms with E-state index in [1.807, 2.05) is 24.3 Å². The van der Waals surface area contributed by atoms with Crippen molar-refractivity contribution < 1.29 is 9.42 Å². The van der Waals surface area contributed by atoms with E-state index in [1.165, 1.54) is 0 Å². The predicted molar refractivity (Wildman–Crippen MR) is 92.2 cm³/mol. The van der Waals surface area contributed by atoms with Gasteiger partial charge in [-0.1, -0.05) is 33.3 Å². The SMILES string of the molecule is C/C(=N\NC(=O)c1c(C)nnn1-c1nonc1N)c1cccc(Br)c1. The van der Waals surface area contributed by atoms with Gasteiger partial charge in [0.2, 0.25) is 11.6 Å². The number of nitrogen functional groups attached to an aromatic ring is 1. The number of rotatable bonds is 4. The van der Waals surface area contributed by atoms with Gasteiger partial charge in [-0.25, -0.2) is 10.1 Å². The first-order valence-electron chi connectivity index (χ1n) is 7.08. The molecule has 2 aromatic heterocycles. The summed E-state index contributed by atoms with van der Waals surface area (Å²) in [4.78, 5) is 12.5. The molecule has 0 bridgehead atoms. The molecule has 1 amide bonds. The van der Waals surface area contributed by atoms with Crippen molar-refractivity contribution in [3.8, 4) is 5.82 Å². The molecule has 128 valence electrons. The number of halogens is 1. The molecule has 0 saturated carbocycles. The molecular weight excluding hydrogens is 392 g/mol. The number of aromatic nitrogens is 5. The van der Waals surface area contributed by atoms with Crippen molar-refractivity contribution in [3.05, 3.63) is 45.7 Å². The molecule has 25 heavy (non-hydrogen) atoms. The first-order chi connectivity index (χ1) is 12.0. The van der Waals surface area contributed by atoms with Crippen molar-refractivity contribution in [1.29, 1.82) is 0 Å². The van der Waals surface area contributed by atoms with Gasteiger partial charge < -0.3 is 5.73 Å². The Morgan fingerprint density at radius 2 is 2.20 bits per heavy atom. The van der Waals surface area contributed by atoms with E-state index in [2.05, 4.69) is 51.7 Å². The van der Waals surface area contributed by atoms with Crippen LogP contribution in [-0.4, -0.2) is 36.9 Å². The van der Waals surface area contributed by atoms with Crippen molar-refractivity contribution in [2.45, 2.75) is 13.8 Å². The maximum absolute atomic E-state index is 12.5. The second-order valence-corrected chi connectivity index (χ2v) is 5.97. The number of hydrazone groups is 1. The summed E-state index contributed by atoms with van der Waals surface area (Å²) in [6.07, 6.45) is 0. The second-order valence-electron chi connectivity index (χ2n) is 5.06. The third kappa shape index (κ3) is 3.40.